The summed E-state index contributed by atoms with van der Waals surface area (Å²) in [7, 11) is 0. The fraction of sp³-hybridized carbons (Fsp3) is 0.400. The molecule has 64 valence electrons. The zero-order valence-electron chi connectivity index (χ0n) is 6.11. The number of rotatable bonds is 2. The quantitative estimate of drug-likeness (QED) is 0.407. The van der Waals surface area contributed by atoms with Gasteiger partial charge in [0.05, 0.1) is 1.37 Å². The second-order valence-corrected chi connectivity index (χ2v) is 4.06. The molecule has 0 radical (unpaired) electrons. The first-order valence-corrected chi connectivity index (χ1v) is 3.48. The minimum atomic E-state index is -1.77. The number of esters is 1. The molecule has 0 N–H and O–H groups in total. The summed E-state index contributed by atoms with van der Waals surface area (Å²) in [6.07, 6.45) is 0. The molecular weight excluding hydrogens is 217 g/mol. The predicted molar refractivity (Wildman–Crippen MR) is 41.5 cm³/mol. The topological polar surface area (TPSA) is 26.3 Å². The van der Waals surface area contributed by atoms with Crippen molar-refractivity contribution in [2.24, 2.45) is 0 Å². The van der Waals surface area contributed by atoms with Crippen molar-refractivity contribution in [3.8, 4) is 0 Å². The molecule has 0 aromatic carbocycles. The summed E-state index contributed by atoms with van der Waals surface area (Å²) in [5.74, 6) is -2.67. The summed E-state index contributed by atoms with van der Waals surface area (Å²) in [5, 5.41) is 0. The molecule has 0 aliphatic heterocycles. The maximum atomic E-state index is 12.2. The molecule has 0 aromatic heterocycles. The number of halogens is 4. The monoisotopic (exact) mass is 221 g/mol. The highest BCUT2D eigenvalue weighted by molar-refractivity contribution is 6.67. The van der Waals surface area contributed by atoms with Crippen molar-refractivity contribution in [3.63, 3.8) is 0 Å². The Labute approximate surface area is 79.3 Å². The van der Waals surface area contributed by atoms with Gasteiger partial charge in [-0.25, -0.2) is 4.79 Å². The van der Waals surface area contributed by atoms with Gasteiger partial charge < -0.3 is 4.74 Å². The zero-order chi connectivity index (χ0) is 9.78. The summed E-state index contributed by atoms with van der Waals surface area (Å²) in [4.78, 5) is 10.5. The van der Waals surface area contributed by atoms with Crippen LogP contribution in [0.25, 0.3) is 0 Å². The third kappa shape index (κ3) is 6.41. The average molecular weight is 222 g/mol. The third-order valence-corrected chi connectivity index (χ3v) is 0.889. The van der Waals surface area contributed by atoms with Gasteiger partial charge in [-0.3, -0.25) is 0 Å². The minimum Gasteiger partial charge on any atom is -0.456 e. The van der Waals surface area contributed by atoms with Crippen LogP contribution in [0.4, 0.5) is 4.39 Å². The molecule has 0 saturated heterocycles. The molecular formula is C5H4Cl3FO2. The first-order valence-electron chi connectivity index (χ1n) is 2.92. The Morgan fingerprint density at radius 2 is 2.27 bits per heavy atom. The van der Waals surface area contributed by atoms with Gasteiger partial charge in [0.1, 0.15) is 6.61 Å². The van der Waals surface area contributed by atoms with Crippen LogP contribution in [0.5, 0.6) is 0 Å². The highest BCUT2D eigenvalue weighted by Gasteiger charge is 2.22. The van der Waals surface area contributed by atoms with Crippen LogP contribution >= 0.6 is 34.8 Å². The second-order valence-electron chi connectivity index (χ2n) is 1.54. The Morgan fingerprint density at radius 1 is 1.73 bits per heavy atom. The SMILES string of the molecule is [2H]C=C(F)C(=O)OCC(Cl)(Cl)Cl. The Balaban J connectivity index is 3.89. The lowest BCUT2D eigenvalue weighted by atomic mass is 10.6. The van der Waals surface area contributed by atoms with Gasteiger partial charge in [0.15, 0.2) is 0 Å². The van der Waals surface area contributed by atoms with E-state index in [-0.39, 0.29) is 6.55 Å². The normalized spacial score (nSPS) is 14.2. The van der Waals surface area contributed by atoms with Gasteiger partial charge in [0.25, 0.3) is 0 Å². The smallest absolute Gasteiger partial charge is 0.366 e. The fourth-order valence-corrected chi connectivity index (χ4v) is 0.380. The van der Waals surface area contributed by atoms with Gasteiger partial charge in [-0.05, 0) is 0 Å². The van der Waals surface area contributed by atoms with Crippen molar-refractivity contribution >= 4 is 40.8 Å². The maximum absolute atomic E-state index is 12.2. The number of hydrogen-bond donors (Lipinski definition) is 0. The average Bonchev–Trinajstić information content (AvgIpc) is 1.97. The number of alkyl halides is 3. The molecule has 0 fully saturated rings. The standard InChI is InChI=1S/C5H4Cl3FO2/c1-3(9)4(10)11-2-5(6,7)8/h1-2H2/i1D. The van der Waals surface area contributed by atoms with Crippen LogP contribution in [0.2, 0.25) is 0 Å². The van der Waals surface area contributed by atoms with E-state index < -0.39 is 22.2 Å². The molecule has 0 spiro atoms. The van der Waals surface area contributed by atoms with Crippen molar-refractivity contribution in [2.45, 2.75) is 3.79 Å². The summed E-state index contributed by atoms with van der Waals surface area (Å²) in [5.41, 5.74) is 0. The molecule has 0 aromatic rings. The first kappa shape index (κ1) is 9.10. The molecule has 0 saturated carbocycles. The molecule has 6 heteroatoms. The Morgan fingerprint density at radius 3 is 2.64 bits per heavy atom. The lowest BCUT2D eigenvalue weighted by Gasteiger charge is -2.09. The number of carbonyl (C=O) groups is 1. The van der Waals surface area contributed by atoms with Crippen LogP contribution in [0, 0.1) is 0 Å². The molecule has 0 unspecified atom stereocenters. The van der Waals surface area contributed by atoms with Crippen LogP contribution in [-0.4, -0.2) is 16.4 Å². The van der Waals surface area contributed by atoms with E-state index in [1.165, 1.54) is 0 Å². The summed E-state index contributed by atoms with van der Waals surface area (Å²) < 4.78 is 20.9. The molecule has 0 bridgehead atoms. The molecule has 2 nitrogen and oxygen atoms in total. The highest BCUT2D eigenvalue weighted by Crippen LogP contribution is 2.26. The van der Waals surface area contributed by atoms with Crippen molar-refractivity contribution < 1.29 is 15.3 Å². The van der Waals surface area contributed by atoms with E-state index in [0.717, 1.165) is 0 Å². The molecule has 11 heavy (non-hydrogen) atoms. The maximum Gasteiger partial charge on any atom is 0.366 e. The summed E-state index contributed by atoms with van der Waals surface area (Å²) in [6, 6.07) is 0. The number of ether oxygens (including phenoxy) is 1. The number of hydrogen-bond acceptors (Lipinski definition) is 2. The van der Waals surface area contributed by atoms with Crippen molar-refractivity contribution in [3.05, 3.63) is 12.4 Å². The Bertz CT molecular complexity index is 201. The van der Waals surface area contributed by atoms with E-state index in [2.05, 4.69) is 4.74 Å². The summed E-state index contributed by atoms with van der Waals surface area (Å²) >= 11 is 15.6. The zero-order valence-corrected chi connectivity index (χ0v) is 7.38. The van der Waals surface area contributed by atoms with Crippen LogP contribution in [0.1, 0.15) is 1.37 Å². The molecule has 0 heterocycles. The van der Waals surface area contributed by atoms with E-state index in [9.17, 15) is 9.18 Å². The lowest BCUT2D eigenvalue weighted by molar-refractivity contribution is -0.140. The Kier molecular flexibility index (Phi) is 3.43. The van der Waals surface area contributed by atoms with Crippen molar-refractivity contribution in [2.75, 3.05) is 6.61 Å². The van der Waals surface area contributed by atoms with Gasteiger partial charge in [-0.1, -0.05) is 41.4 Å². The molecule has 0 aliphatic rings. The second kappa shape index (κ2) is 4.14. The van der Waals surface area contributed by atoms with E-state index in [1.807, 2.05) is 0 Å². The van der Waals surface area contributed by atoms with Crippen LogP contribution < -0.4 is 0 Å². The highest BCUT2D eigenvalue weighted by atomic mass is 35.6. The van der Waals surface area contributed by atoms with E-state index in [1.54, 1.807) is 0 Å². The minimum absolute atomic E-state index is 0.209. The Hall–Kier alpha value is 0.01000. The third-order valence-electron chi connectivity index (χ3n) is 0.562. The molecule has 0 aliphatic carbocycles. The van der Waals surface area contributed by atoms with Crippen LogP contribution in [0.15, 0.2) is 12.4 Å². The van der Waals surface area contributed by atoms with Crippen LogP contribution in [-0.2, 0) is 9.53 Å². The van der Waals surface area contributed by atoms with Gasteiger partial charge in [-0.2, -0.15) is 4.39 Å². The van der Waals surface area contributed by atoms with E-state index in [4.69, 9.17) is 36.2 Å². The predicted octanol–water partition coefficient (Wildman–Crippen LogP) is 2.38. The van der Waals surface area contributed by atoms with Crippen LogP contribution in [0.3, 0.4) is 0 Å². The first-order chi connectivity index (χ1) is 5.37. The largest absolute Gasteiger partial charge is 0.456 e. The summed E-state index contributed by atoms with van der Waals surface area (Å²) in [6.45, 7) is -0.349. The van der Waals surface area contributed by atoms with E-state index >= 15 is 0 Å². The molecule has 0 amide bonds. The van der Waals surface area contributed by atoms with Gasteiger partial charge in [0, 0.05) is 0 Å². The fourth-order valence-electron chi connectivity index (χ4n) is 0.216. The molecule has 0 rings (SSSR count). The van der Waals surface area contributed by atoms with Gasteiger partial charge in [-0.15, -0.1) is 0 Å². The molecule has 0 atom stereocenters. The number of carbonyl (C=O) groups excluding carboxylic acids is 1. The lowest BCUT2D eigenvalue weighted by Crippen LogP contribution is -2.17. The van der Waals surface area contributed by atoms with Gasteiger partial charge >= 0.3 is 5.97 Å². The van der Waals surface area contributed by atoms with Crippen molar-refractivity contribution in [1.82, 2.24) is 0 Å². The van der Waals surface area contributed by atoms with Crippen molar-refractivity contribution in [1.29, 1.82) is 0 Å². The van der Waals surface area contributed by atoms with E-state index in [0.29, 0.717) is 0 Å². The van der Waals surface area contributed by atoms with Gasteiger partial charge in [0.2, 0.25) is 9.62 Å².